The third-order valence-corrected chi connectivity index (χ3v) is 3.54. The van der Waals surface area contributed by atoms with Gasteiger partial charge in [0, 0.05) is 30.7 Å². The number of nitrogens with zero attached hydrogens (tertiary/aromatic N) is 2. The van der Waals surface area contributed by atoms with Gasteiger partial charge < -0.3 is 15.4 Å². The minimum Gasteiger partial charge on any atom is -0.452 e. The van der Waals surface area contributed by atoms with E-state index in [1.807, 2.05) is 0 Å². The Hall–Kier alpha value is -3.81. The number of fused-ring (bicyclic) bond motifs is 1. The lowest BCUT2D eigenvalue weighted by Gasteiger charge is -2.08. The van der Waals surface area contributed by atoms with Gasteiger partial charge in [-0.1, -0.05) is 6.07 Å². The molecular formula is C19H16N4O4. The zero-order valence-corrected chi connectivity index (χ0v) is 14.4. The number of hydrogen-bond donors (Lipinski definition) is 2. The first kappa shape index (κ1) is 18.0. The van der Waals surface area contributed by atoms with E-state index < -0.39 is 18.5 Å². The number of carbonyl (C=O) groups excluding carboxylic acids is 3. The van der Waals surface area contributed by atoms with Gasteiger partial charge in [-0.2, -0.15) is 0 Å². The van der Waals surface area contributed by atoms with Crippen LogP contribution in [0.5, 0.6) is 0 Å². The standard InChI is InChI=1S/C19H16N4O4/c1-12(24)22-13-5-7-14(8-6-13)23-17(25)11-27-19(26)15-3-2-4-16-18(15)21-10-9-20-16/h2-10H,11H2,1H3,(H,22,24)(H,23,25). The van der Waals surface area contributed by atoms with Crippen molar-refractivity contribution in [3.05, 3.63) is 60.4 Å². The van der Waals surface area contributed by atoms with Gasteiger partial charge >= 0.3 is 5.97 Å². The highest BCUT2D eigenvalue weighted by Gasteiger charge is 2.14. The summed E-state index contributed by atoms with van der Waals surface area (Å²) < 4.78 is 5.07. The van der Waals surface area contributed by atoms with Crippen LogP contribution in [0.3, 0.4) is 0 Å². The molecule has 2 aromatic carbocycles. The zero-order chi connectivity index (χ0) is 19.2. The molecule has 8 heteroatoms. The van der Waals surface area contributed by atoms with Gasteiger partial charge in [0.15, 0.2) is 6.61 Å². The summed E-state index contributed by atoms with van der Waals surface area (Å²) in [6.07, 6.45) is 3.01. The Morgan fingerprint density at radius 1 is 0.926 bits per heavy atom. The summed E-state index contributed by atoms with van der Waals surface area (Å²) in [5, 5.41) is 5.24. The Balaban J connectivity index is 1.58. The van der Waals surface area contributed by atoms with Gasteiger partial charge in [0.2, 0.25) is 5.91 Å². The fraction of sp³-hybridized carbons (Fsp3) is 0.105. The highest BCUT2D eigenvalue weighted by atomic mass is 16.5. The minimum atomic E-state index is -0.655. The monoisotopic (exact) mass is 364 g/mol. The molecule has 3 rings (SSSR count). The zero-order valence-electron chi connectivity index (χ0n) is 14.4. The molecule has 0 aliphatic rings. The Morgan fingerprint density at radius 3 is 2.30 bits per heavy atom. The SMILES string of the molecule is CC(=O)Nc1ccc(NC(=O)COC(=O)c2cccc3nccnc23)cc1. The Labute approximate surface area is 154 Å². The maximum absolute atomic E-state index is 12.3. The smallest absolute Gasteiger partial charge is 0.340 e. The molecule has 0 saturated carbocycles. The minimum absolute atomic E-state index is 0.183. The van der Waals surface area contributed by atoms with E-state index in [0.29, 0.717) is 22.4 Å². The van der Waals surface area contributed by atoms with Crippen LogP contribution in [-0.2, 0) is 14.3 Å². The van der Waals surface area contributed by atoms with E-state index >= 15 is 0 Å². The van der Waals surface area contributed by atoms with Crippen molar-refractivity contribution in [3.8, 4) is 0 Å². The van der Waals surface area contributed by atoms with Crippen molar-refractivity contribution in [2.24, 2.45) is 0 Å². The average Bonchev–Trinajstić information content (AvgIpc) is 2.67. The molecule has 2 amide bonds. The Bertz CT molecular complexity index is 997. The van der Waals surface area contributed by atoms with Crippen molar-refractivity contribution >= 4 is 40.2 Å². The third kappa shape index (κ3) is 4.63. The molecule has 0 fully saturated rings. The number of esters is 1. The molecule has 0 spiro atoms. The molecule has 0 aliphatic heterocycles. The number of anilines is 2. The predicted molar refractivity (Wildman–Crippen MR) is 99.2 cm³/mol. The quantitative estimate of drug-likeness (QED) is 0.673. The molecule has 0 aliphatic carbocycles. The van der Waals surface area contributed by atoms with Crippen LogP contribution in [-0.4, -0.2) is 34.4 Å². The van der Waals surface area contributed by atoms with Crippen molar-refractivity contribution in [1.29, 1.82) is 0 Å². The van der Waals surface area contributed by atoms with Crippen LogP contribution in [0.25, 0.3) is 11.0 Å². The Morgan fingerprint density at radius 2 is 1.59 bits per heavy atom. The number of ether oxygens (including phenoxy) is 1. The lowest BCUT2D eigenvalue weighted by atomic mass is 10.2. The third-order valence-electron chi connectivity index (χ3n) is 3.54. The highest BCUT2D eigenvalue weighted by molar-refractivity contribution is 6.03. The van der Waals surface area contributed by atoms with E-state index in [9.17, 15) is 14.4 Å². The molecule has 136 valence electrons. The van der Waals surface area contributed by atoms with Crippen LogP contribution in [0.15, 0.2) is 54.9 Å². The second-order valence-electron chi connectivity index (χ2n) is 5.61. The van der Waals surface area contributed by atoms with Gasteiger partial charge in [0.1, 0.15) is 5.52 Å². The van der Waals surface area contributed by atoms with Crippen molar-refractivity contribution < 1.29 is 19.1 Å². The molecule has 27 heavy (non-hydrogen) atoms. The van der Waals surface area contributed by atoms with Gasteiger partial charge in [-0.3, -0.25) is 19.6 Å². The summed E-state index contributed by atoms with van der Waals surface area (Å²) >= 11 is 0. The number of rotatable bonds is 5. The number of carbonyl (C=O) groups is 3. The maximum atomic E-state index is 12.3. The number of nitrogens with one attached hydrogen (secondary N) is 2. The molecule has 0 unspecified atom stereocenters. The Kier molecular flexibility index (Phi) is 5.36. The normalized spacial score (nSPS) is 10.3. The number of amides is 2. The number of aromatic nitrogens is 2. The second-order valence-corrected chi connectivity index (χ2v) is 5.61. The first-order chi connectivity index (χ1) is 13.0. The molecule has 0 bridgehead atoms. The topological polar surface area (TPSA) is 110 Å². The van der Waals surface area contributed by atoms with Crippen LogP contribution in [0, 0.1) is 0 Å². The van der Waals surface area contributed by atoms with Crippen LogP contribution in [0.1, 0.15) is 17.3 Å². The van der Waals surface area contributed by atoms with Crippen molar-refractivity contribution in [2.75, 3.05) is 17.2 Å². The van der Waals surface area contributed by atoms with Crippen molar-refractivity contribution in [1.82, 2.24) is 9.97 Å². The first-order valence-electron chi connectivity index (χ1n) is 8.07. The molecule has 0 atom stereocenters. The molecule has 0 radical (unpaired) electrons. The average molecular weight is 364 g/mol. The van der Waals surface area contributed by atoms with E-state index in [2.05, 4.69) is 20.6 Å². The van der Waals surface area contributed by atoms with Crippen molar-refractivity contribution in [3.63, 3.8) is 0 Å². The van der Waals surface area contributed by atoms with Crippen LogP contribution in [0.2, 0.25) is 0 Å². The van der Waals surface area contributed by atoms with E-state index in [1.165, 1.54) is 19.3 Å². The van der Waals surface area contributed by atoms with Crippen LogP contribution >= 0.6 is 0 Å². The molecule has 3 aromatic rings. The molecule has 0 saturated heterocycles. The molecule has 1 heterocycles. The lowest BCUT2D eigenvalue weighted by Crippen LogP contribution is -2.21. The summed E-state index contributed by atoms with van der Waals surface area (Å²) in [6.45, 7) is 0.967. The van der Waals surface area contributed by atoms with Crippen molar-refractivity contribution in [2.45, 2.75) is 6.92 Å². The van der Waals surface area contributed by atoms with Gasteiger partial charge in [0.25, 0.3) is 5.91 Å². The highest BCUT2D eigenvalue weighted by Crippen LogP contribution is 2.15. The molecule has 8 nitrogen and oxygen atoms in total. The fourth-order valence-electron chi connectivity index (χ4n) is 2.40. The molecule has 1 aromatic heterocycles. The number of benzene rings is 2. The van der Waals surface area contributed by atoms with Gasteiger partial charge in [-0.25, -0.2) is 4.79 Å². The maximum Gasteiger partial charge on any atom is 0.340 e. The summed E-state index contributed by atoms with van der Waals surface area (Å²) in [4.78, 5) is 43.5. The van der Waals surface area contributed by atoms with Gasteiger partial charge in [-0.15, -0.1) is 0 Å². The fourth-order valence-corrected chi connectivity index (χ4v) is 2.40. The van der Waals surface area contributed by atoms with E-state index in [1.54, 1.807) is 42.5 Å². The summed E-state index contributed by atoms with van der Waals surface area (Å²) in [5.41, 5.74) is 2.35. The van der Waals surface area contributed by atoms with Crippen LogP contribution in [0.4, 0.5) is 11.4 Å². The van der Waals surface area contributed by atoms with E-state index in [-0.39, 0.29) is 11.5 Å². The van der Waals surface area contributed by atoms with E-state index in [4.69, 9.17) is 4.74 Å². The predicted octanol–water partition coefficient (Wildman–Crippen LogP) is 2.38. The first-order valence-corrected chi connectivity index (χ1v) is 8.07. The van der Waals surface area contributed by atoms with Gasteiger partial charge in [0.05, 0.1) is 11.1 Å². The summed E-state index contributed by atoms with van der Waals surface area (Å²) in [6, 6.07) is 11.5. The second kappa shape index (κ2) is 8.05. The number of para-hydroxylation sites is 1. The summed E-state index contributed by atoms with van der Waals surface area (Å²) in [5.74, 6) is -1.32. The summed E-state index contributed by atoms with van der Waals surface area (Å²) in [7, 11) is 0. The van der Waals surface area contributed by atoms with E-state index in [0.717, 1.165) is 0 Å². The van der Waals surface area contributed by atoms with Gasteiger partial charge in [-0.05, 0) is 36.4 Å². The number of hydrogen-bond acceptors (Lipinski definition) is 6. The largest absolute Gasteiger partial charge is 0.452 e. The molecular weight excluding hydrogens is 348 g/mol. The van der Waals surface area contributed by atoms with Crippen LogP contribution < -0.4 is 10.6 Å². The molecule has 2 N–H and O–H groups in total. The lowest BCUT2D eigenvalue weighted by molar-refractivity contribution is -0.119.